The Bertz CT molecular complexity index is 2120. The number of carbonyl (C=O) groups excluding carboxylic acids is 9. The Hall–Kier alpha value is -6.51. The minimum atomic E-state index is -1.99. The Morgan fingerprint density at radius 3 is 1.56 bits per heavy atom. The molecular formula is C45H77N13O17S2. The van der Waals surface area contributed by atoms with Gasteiger partial charge in [-0.1, -0.05) is 27.7 Å². The van der Waals surface area contributed by atoms with E-state index in [9.17, 15) is 83.1 Å². The van der Waals surface area contributed by atoms with Crippen molar-refractivity contribution < 1.29 is 83.1 Å². The number of amides is 9. The molecule has 0 aromatic carbocycles. The fourth-order valence-electron chi connectivity index (χ4n) is 7.61. The smallest absolute Gasteiger partial charge is 0.326 e. The maximum absolute atomic E-state index is 13.6. The van der Waals surface area contributed by atoms with Crippen molar-refractivity contribution in [3.63, 3.8) is 0 Å². The lowest BCUT2D eigenvalue weighted by Crippen LogP contribution is -2.62. The minimum absolute atomic E-state index is 0.0128. The number of guanidine groups is 1. The molecule has 77 heavy (non-hydrogen) atoms. The lowest BCUT2D eigenvalue weighted by molar-refractivity contribution is -0.143. The van der Waals surface area contributed by atoms with E-state index in [4.69, 9.17) is 17.2 Å². The fourth-order valence-corrected chi connectivity index (χ4v) is 8.12. The number of hydrogen-bond donors (Lipinski definition) is 18. The Balaban J connectivity index is 3.20. The molecule has 1 rings (SSSR count). The number of carbonyl (C=O) groups is 12. The Morgan fingerprint density at radius 2 is 1.08 bits per heavy atom. The summed E-state index contributed by atoms with van der Waals surface area (Å²) in [5.41, 5.74) is 16.7. The van der Waals surface area contributed by atoms with Gasteiger partial charge in [-0.15, -0.1) is 0 Å². The molecule has 11 atom stereocenters. The molecule has 32 heteroatoms. The molecule has 1 aliphatic heterocycles. The van der Waals surface area contributed by atoms with Crippen molar-refractivity contribution in [1.29, 1.82) is 0 Å². The van der Waals surface area contributed by atoms with Crippen LogP contribution in [0.4, 0.5) is 0 Å². The molecule has 0 saturated carbocycles. The second-order valence-corrected chi connectivity index (χ2v) is 19.8. The summed E-state index contributed by atoms with van der Waals surface area (Å²) < 4.78 is 0. The number of aliphatic imine (C=N–C) groups is 1. The maximum atomic E-state index is 13.6. The zero-order chi connectivity index (χ0) is 58.9. The normalized spacial score (nSPS) is 17.0. The number of nitrogens with two attached hydrogens (primary N) is 3. The van der Waals surface area contributed by atoms with Crippen molar-refractivity contribution in [3.05, 3.63) is 0 Å². The van der Waals surface area contributed by atoms with E-state index in [1.807, 2.05) is 0 Å². The number of likely N-dealkylation sites (tertiary alicyclic amines) is 1. The monoisotopic (exact) mass is 1140 g/mol. The Labute approximate surface area is 455 Å². The van der Waals surface area contributed by atoms with Gasteiger partial charge >= 0.3 is 17.9 Å². The van der Waals surface area contributed by atoms with Crippen LogP contribution in [-0.2, 0) is 57.5 Å². The SMILES string of the molecule is CC(C)C[C@H](NC(=O)[C@H](CC(C)C)NC(=O)[C@@H](NC(=O)[C@H](CC(=O)O)NC(=O)[C@H](CS)NC(=O)[C@H](CS)NC(=O)[C@H](CCC(=O)O)NC(=O)[C@H](CO)NC(=O)[C@@H]1CCCN1C(=O)[C@@H](N)CCCN=C(N)N)[C@@H](C)O)C(=O)O. The van der Waals surface area contributed by atoms with Crippen LogP contribution in [0.1, 0.15) is 92.4 Å². The van der Waals surface area contributed by atoms with Gasteiger partial charge in [-0.05, 0) is 63.7 Å². The third kappa shape index (κ3) is 24.6. The second kappa shape index (κ2) is 34.3. The van der Waals surface area contributed by atoms with Gasteiger partial charge in [0.2, 0.25) is 53.2 Å². The zero-order valence-corrected chi connectivity index (χ0v) is 45.3. The van der Waals surface area contributed by atoms with Crippen LogP contribution in [0.15, 0.2) is 4.99 Å². The third-order valence-electron chi connectivity index (χ3n) is 11.6. The van der Waals surface area contributed by atoms with Crippen molar-refractivity contribution in [2.75, 3.05) is 31.2 Å². The van der Waals surface area contributed by atoms with E-state index in [-0.39, 0.29) is 56.6 Å². The fraction of sp³-hybridized carbons (Fsp3) is 0.711. The summed E-state index contributed by atoms with van der Waals surface area (Å²) in [7, 11) is 0. The highest BCUT2D eigenvalue weighted by Crippen LogP contribution is 2.20. The molecule has 19 N–H and O–H groups in total. The zero-order valence-electron chi connectivity index (χ0n) is 43.6. The van der Waals surface area contributed by atoms with E-state index in [1.54, 1.807) is 27.7 Å². The van der Waals surface area contributed by atoms with Crippen molar-refractivity contribution in [3.8, 4) is 0 Å². The molecule has 436 valence electrons. The van der Waals surface area contributed by atoms with Crippen LogP contribution < -0.4 is 59.7 Å². The van der Waals surface area contributed by atoms with Gasteiger partial charge < -0.3 is 90.2 Å². The lowest BCUT2D eigenvalue weighted by atomic mass is 10.00. The van der Waals surface area contributed by atoms with Crippen molar-refractivity contribution >= 4 is 102 Å². The summed E-state index contributed by atoms with van der Waals surface area (Å²) in [6, 6.07) is -15.4. The Morgan fingerprint density at radius 1 is 0.610 bits per heavy atom. The van der Waals surface area contributed by atoms with Gasteiger partial charge in [0.25, 0.3) is 0 Å². The highest BCUT2D eigenvalue weighted by Gasteiger charge is 2.39. The first kappa shape index (κ1) is 68.5. The Kier molecular flexibility index (Phi) is 30.5. The van der Waals surface area contributed by atoms with Crippen LogP contribution >= 0.6 is 25.3 Å². The first-order valence-electron chi connectivity index (χ1n) is 24.7. The van der Waals surface area contributed by atoms with E-state index >= 15 is 0 Å². The highest BCUT2D eigenvalue weighted by atomic mass is 32.1. The molecule has 1 heterocycles. The average molecular weight is 1140 g/mol. The molecule has 1 fully saturated rings. The molecule has 1 aliphatic rings. The maximum Gasteiger partial charge on any atom is 0.326 e. The molecule has 0 unspecified atom stereocenters. The quantitative estimate of drug-likeness (QED) is 0.0122. The molecule has 0 radical (unpaired) electrons. The first-order chi connectivity index (χ1) is 36.0. The summed E-state index contributed by atoms with van der Waals surface area (Å²) in [6.45, 7) is 7.32. The molecule has 0 aromatic heterocycles. The summed E-state index contributed by atoms with van der Waals surface area (Å²) in [5.74, 6) is -15.3. The highest BCUT2D eigenvalue weighted by molar-refractivity contribution is 7.80. The largest absolute Gasteiger partial charge is 0.481 e. The van der Waals surface area contributed by atoms with Crippen LogP contribution in [0, 0.1) is 11.8 Å². The number of aliphatic carboxylic acids is 3. The third-order valence-corrected chi connectivity index (χ3v) is 12.3. The average Bonchev–Trinajstić information content (AvgIpc) is 3.84. The standard InChI is InChI=1S/C45H77N13O17S2/c1-20(2)14-25(36(66)53-27(44(74)75)15-21(3)4)52-42(72)34(22(5)60)57-37(67)26(16-33(63)64)51-39(69)29(18-76)56-40(70)30(19-77)55-35(65)24(10-11-32(61)62)50-38(68)28(17-59)54-41(71)31-9-7-13-58(31)43(73)23(46)8-6-12-49-45(47)48/h20-31,34,59-60,76-77H,6-19,46H2,1-5H3,(H,50,68)(H,51,69)(H,52,72)(H,53,66)(H,54,71)(H,55,65)(H,56,70)(H,57,67)(H,61,62)(H,63,64)(H,74,75)(H4,47,48,49)/t22-,23+,24+,25+,26+,27+,28+,29+,30+,31+,34+/m1/s1. The van der Waals surface area contributed by atoms with E-state index < -0.39 is 175 Å². The van der Waals surface area contributed by atoms with Crippen LogP contribution in [-0.4, -0.2) is 205 Å². The predicted octanol–water partition coefficient (Wildman–Crippen LogP) is -6.01. The number of aliphatic hydroxyl groups excluding tert-OH is 2. The first-order valence-corrected chi connectivity index (χ1v) is 26.0. The molecule has 0 bridgehead atoms. The summed E-state index contributed by atoms with van der Waals surface area (Å²) in [5, 5.41) is 67.5. The molecule has 0 spiro atoms. The van der Waals surface area contributed by atoms with Crippen LogP contribution in [0.2, 0.25) is 0 Å². The van der Waals surface area contributed by atoms with Crippen LogP contribution in [0.25, 0.3) is 0 Å². The number of aliphatic hydroxyl groups is 2. The van der Waals surface area contributed by atoms with Gasteiger partial charge in [0, 0.05) is 31.0 Å². The van der Waals surface area contributed by atoms with Crippen molar-refractivity contribution in [1.82, 2.24) is 47.4 Å². The number of carboxylic acids is 3. The summed E-state index contributed by atoms with van der Waals surface area (Å²) in [6.07, 6.45) is -2.94. The van der Waals surface area contributed by atoms with Gasteiger partial charge in [0.15, 0.2) is 5.96 Å². The molecule has 30 nitrogen and oxygen atoms in total. The topological polar surface area (TPSA) is 496 Å². The van der Waals surface area contributed by atoms with Crippen molar-refractivity contribution in [2.24, 2.45) is 34.0 Å². The van der Waals surface area contributed by atoms with Gasteiger partial charge in [0.1, 0.15) is 54.4 Å². The van der Waals surface area contributed by atoms with Gasteiger partial charge in [-0.25, -0.2) is 4.79 Å². The number of nitrogens with one attached hydrogen (secondary N) is 8. The van der Waals surface area contributed by atoms with E-state index in [0.717, 1.165) is 6.92 Å². The molecule has 1 saturated heterocycles. The van der Waals surface area contributed by atoms with Crippen LogP contribution in [0.3, 0.4) is 0 Å². The van der Waals surface area contributed by atoms with Crippen LogP contribution in [0.5, 0.6) is 0 Å². The van der Waals surface area contributed by atoms with E-state index in [0.29, 0.717) is 12.8 Å². The van der Waals surface area contributed by atoms with Gasteiger partial charge in [0.05, 0.1) is 25.2 Å². The summed E-state index contributed by atoms with van der Waals surface area (Å²) in [4.78, 5) is 161. The lowest BCUT2D eigenvalue weighted by Gasteiger charge is -2.29. The van der Waals surface area contributed by atoms with Crippen molar-refractivity contribution in [2.45, 2.75) is 159 Å². The number of hydrogen-bond acceptors (Lipinski definition) is 18. The van der Waals surface area contributed by atoms with E-state index in [1.165, 1.54) is 4.90 Å². The number of carboxylic acid groups (broad SMARTS) is 3. The number of rotatable bonds is 35. The molecule has 9 amide bonds. The summed E-state index contributed by atoms with van der Waals surface area (Å²) >= 11 is 8.16. The van der Waals surface area contributed by atoms with E-state index in [2.05, 4.69) is 72.8 Å². The predicted molar refractivity (Wildman–Crippen MR) is 280 cm³/mol. The van der Waals surface area contributed by atoms with Gasteiger partial charge in [-0.2, -0.15) is 25.3 Å². The molecule has 0 aromatic rings. The van der Waals surface area contributed by atoms with Gasteiger partial charge in [-0.3, -0.25) is 57.7 Å². The second-order valence-electron chi connectivity index (χ2n) is 19.1. The number of nitrogens with zero attached hydrogens (tertiary/aromatic N) is 2. The molecular weight excluding hydrogens is 1060 g/mol. The minimum Gasteiger partial charge on any atom is -0.481 e. The molecule has 0 aliphatic carbocycles. The number of thiol groups is 2.